The summed E-state index contributed by atoms with van der Waals surface area (Å²) in [6.45, 7) is 3.92. The highest BCUT2D eigenvalue weighted by Crippen LogP contribution is 2.27. The van der Waals surface area contributed by atoms with Gasteiger partial charge in [-0.2, -0.15) is 0 Å². The maximum absolute atomic E-state index is 12.1. The zero-order chi connectivity index (χ0) is 22.2. The Balaban J connectivity index is 1.73. The van der Waals surface area contributed by atoms with E-state index in [9.17, 15) is 4.79 Å². The Labute approximate surface area is 182 Å². The molecule has 160 valence electrons. The first kappa shape index (κ1) is 22.0. The second-order valence-corrected chi connectivity index (χ2v) is 7.14. The molecule has 1 aliphatic carbocycles. The lowest BCUT2D eigenvalue weighted by Crippen LogP contribution is -2.20. The SMILES string of the molecule is CO/N=C(/C(=O)OC)c1cccc(C)c1CO/N=C(\C)c1ccc(C#CC2CC2)nc1. The van der Waals surface area contributed by atoms with Crippen LogP contribution < -0.4 is 0 Å². The van der Waals surface area contributed by atoms with E-state index in [2.05, 4.69) is 27.1 Å². The quantitative estimate of drug-likeness (QED) is 0.296. The summed E-state index contributed by atoms with van der Waals surface area (Å²) in [5.41, 5.74) is 4.62. The van der Waals surface area contributed by atoms with Crippen LogP contribution in [-0.4, -0.2) is 36.6 Å². The summed E-state index contributed by atoms with van der Waals surface area (Å²) in [6.07, 6.45) is 4.11. The van der Waals surface area contributed by atoms with Crippen LogP contribution in [0.4, 0.5) is 0 Å². The number of nitrogens with zero attached hydrogens (tertiary/aromatic N) is 3. The molecule has 7 nitrogen and oxygen atoms in total. The van der Waals surface area contributed by atoms with Gasteiger partial charge in [0.2, 0.25) is 0 Å². The Kier molecular flexibility index (Phi) is 7.39. The zero-order valence-electron chi connectivity index (χ0n) is 18.1. The third-order valence-electron chi connectivity index (χ3n) is 4.80. The number of carbonyl (C=O) groups excluding carboxylic acids is 1. The van der Waals surface area contributed by atoms with E-state index in [1.54, 1.807) is 12.3 Å². The van der Waals surface area contributed by atoms with E-state index in [-0.39, 0.29) is 12.3 Å². The van der Waals surface area contributed by atoms with Crippen LogP contribution in [0, 0.1) is 24.7 Å². The molecule has 3 rings (SSSR count). The molecular weight excluding hydrogens is 394 g/mol. The van der Waals surface area contributed by atoms with Crippen molar-refractivity contribution < 1.29 is 19.2 Å². The largest absolute Gasteiger partial charge is 0.464 e. The van der Waals surface area contributed by atoms with Crippen molar-refractivity contribution in [2.45, 2.75) is 33.3 Å². The van der Waals surface area contributed by atoms with Crippen LogP contribution >= 0.6 is 0 Å². The molecule has 1 aliphatic rings. The van der Waals surface area contributed by atoms with Gasteiger partial charge in [-0.25, -0.2) is 9.78 Å². The summed E-state index contributed by atoms with van der Waals surface area (Å²) in [6, 6.07) is 9.32. The molecule has 0 atom stereocenters. The fraction of sp³-hybridized carbons (Fsp3) is 0.333. The Morgan fingerprint density at radius 1 is 1.19 bits per heavy atom. The molecule has 1 saturated carbocycles. The maximum Gasteiger partial charge on any atom is 0.360 e. The first-order chi connectivity index (χ1) is 15.0. The number of aryl methyl sites for hydroxylation is 1. The van der Waals surface area contributed by atoms with E-state index < -0.39 is 5.97 Å². The van der Waals surface area contributed by atoms with Crippen molar-refractivity contribution in [3.8, 4) is 11.8 Å². The van der Waals surface area contributed by atoms with Crippen molar-refractivity contribution >= 4 is 17.4 Å². The summed E-state index contributed by atoms with van der Waals surface area (Å²) in [4.78, 5) is 26.9. The van der Waals surface area contributed by atoms with Crippen LogP contribution in [0.2, 0.25) is 0 Å². The molecule has 0 amide bonds. The maximum atomic E-state index is 12.1. The third-order valence-corrected chi connectivity index (χ3v) is 4.80. The summed E-state index contributed by atoms with van der Waals surface area (Å²) in [5, 5.41) is 8.04. The van der Waals surface area contributed by atoms with Crippen molar-refractivity contribution in [1.29, 1.82) is 0 Å². The van der Waals surface area contributed by atoms with Crippen molar-refractivity contribution in [2.75, 3.05) is 14.2 Å². The average molecular weight is 419 g/mol. The van der Waals surface area contributed by atoms with E-state index in [4.69, 9.17) is 14.4 Å². The highest BCUT2D eigenvalue weighted by Gasteiger charge is 2.21. The van der Waals surface area contributed by atoms with Crippen molar-refractivity contribution in [3.63, 3.8) is 0 Å². The summed E-state index contributed by atoms with van der Waals surface area (Å²) < 4.78 is 4.82. The van der Waals surface area contributed by atoms with Crippen molar-refractivity contribution in [3.05, 3.63) is 64.5 Å². The van der Waals surface area contributed by atoms with Crippen LogP contribution in [0.5, 0.6) is 0 Å². The molecule has 0 radical (unpaired) electrons. The molecule has 0 spiro atoms. The molecule has 1 fully saturated rings. The Morgan fingerprint density at radius 3 is 2.65 bits per heavy atom. The number of pyridine rings is 1. The van der Waals surface area contributed by atoms with E-state index in [0.717, 1.165) is 22.4 Å². The molecule has 0 aliphatic heterocycles. The molecule has 1 aromatic heterocycles. The normalized spacial score (nSPS) is 13.8. The number of esters is 1. The van der Waals surface area contributed by atoms with Crippen LogP contribution in [0.15, 0.2) is 46.8 Å². The van der Waals surface area contributed by atoms with E-state index in [1.807, 2.05) is 38.1 Å². The Hall–Kier alpha value is -3.66. The average Bonchev–Trinajstić information content (AvgIpc) is 3.61. The van der Waals surface area contributed by atoms with Crippen LogP contribution in [0.3, 0.4) is 0 Å². The van der Waals surface area contributed by atoms with Crippen LogP contribution in [0.25, 0.3) is 0 Å². The molecule has 0 unspecified atom stereocenters. The van der Waals surface area contributed by atoms with Gasteiger partial charge in [-0.15, -0.1) is 0 Å². The fourth-order valence-electron chi connectivity index (χ4n) is 2.83. The van der Waals surface area contributed by atoms with Gasteiger partial charge in [0.1, 0.15) is 19.4 Å². The molecule has 1 heterocycles. The van der Waals surface area contributed by atoms with E-state index in [0.29, 0.717) is 17.2 Å². The van der Waals surface area contributed by atoms with Gasteiger partial charge in [-0.05, 0) is 50.3 Å². The monoisotopic (exact) mass is 419 g/mol. The van der Waals surface area contributed by atoms with Crippen LogP contribution in [0.1, 0.15) is 47.7 Å². The molecule has 2 aromatic rings. The van der Waals surface area contributed by atoms with Crippen molar-refractivity contribution in [2.24, 2.45) is 16.2 Å². The predicted octanol–water partition coefficient (Wildman–Crippen LogP) is 3.62. The first-order valence-electron chi connectivity index (χ1n) is 9.96. The van der Waals surface area contributed by atoms with Crippen molar-refractivity contribution in [1.82, 2.24) is 4.98 Å². The van der Waals surface area contributed by atoms with Gasteiger partial charge in [-0.1, -0.05) is 34.4 Å². The number of hydrogen-bond acceptors (Lipinski definition) is 7. The second kappa shape index (κ2) is 10.4. The van der Waals surface area contributed by atoms with Gasteiger partial charge in [0.05, 0.1) is 12.8 Å². The Bertz CT molecular complexity index is 1060. The smallest absolute Gasteiger partial charge is 0.360 e. The predicted molar refractivity (Wildman–Crippen MR) is 118 cm³/mol. The number of methoxy groups -OCH3 is 1. The number of oxime groups is 2. The molecule has 7 heteroatoms. The number of hydrogen-bond donors (Lipinski definition) is 0. The fourth-order valence-corrected chi connectivity index (χ4v) is 2.83. The van der Waals surface area contributed by atoms with E-state index >= 15 is 0 Å². The molecule has 31 heavy (non-hydrogen) atoms. The number of benzene rings is 1. The molecule has 0 bridgehead atoms. The van der Waals surface area contributed by atoms with E-state index in [1.165, 1.54) is 27.1 Å². The van der Waals surface area contributed by atoms with Crippen LogP contribution in [-0.2, 0) is 25.8 Å². The topological polar surface area (TPSA) is 82.4 Å². The summed E-state index contributed by atoms with van der Waals surface area (Å²) in [5.74, 6) is 6.24. The third kappa shape index (κ3) is 5.92. The highest BCUT2D eigenvalue weighted by molar-refractivity contribution is 6.43. The van der Waals surface area contributed by atoms with Gasteiger partial charge in [0.15, 0.2) is 5.71 Å². The Morgan fingerprint density at radius 2 is 2.00 bits per heavy atom. The number of aromatic nitrogens is 1. The number of ether oxygens (including phenoxy) is 1. The standard InChI is InChI=1S/C24H25N3O4/c1-16-6-5-7-21(23(27-30-4)24(28)29-3)22(16)15-31-26-17(2)19-11-13-20(25-14-19)12-10-18-8-9-18/h5-7,11,13-14,18H,8-9,15H2,1-4H3/b26-17+,27-23+. The van der Waals surface area contributed by atoms with Gasteiger partial charge in [-0.3, -0.25) is 0 Å². The minimum absolute atomic E-state index is 0.0695. The molecule has 1 aromatic carbocycles. The summed E-state index contributed by atoms with van der Waals surface area (Å²) in [7, 11) is 2.67. The summed E-state index contributed by atoms with van der Waals surface area (Å²) >= 11 is 0. The van der Waals surface area contributed by atoms with Gasteiger partial charge < -0.3 is 14.4 Å². The van der Waals surface area contributed by atoms with Gasteiger partial charge in [0.25, 0.3) is 0 Å². The number of carbonyl (C=O) groups is 1. The lowest BCUT2D eigenvalue weighted by Gasteiger charge is -2.12. The molecule has 0 N–H and O–H groups in total. The second-order valence-electron chi connectivity index (χ2n) is 7.14. The van der Waals surface area contributed by atoms with Gasteiger partial charge >= 0.3 is 5.97 Å². The highest BCUT2D eigenvalue weighted by atomic mass is 16.6. The zero-order valence-corrected chi connectivity index (χ0v) is 18.1. The lowest BCUT2D eigenvalue weighted by atomic mass is 9.99. The molecule has 0 saturated heterocycles. The lowest BCUT2D eigenvalue weighted by molar-refractivity contribution is -0.132. The van der Waals surface area contributed by atoms with Gasteiger partial charge in [0, 0.05) is 28.8 Å². The first-order valence-corrected chi connectivity index (χ1v) is 9.96. The minimum Gasteiger partial charge on any atom is -0.464 e. The minimum atomic E-state index is -0.593. The number of rotatable bonds is 7. The molecular formula is C24H25N3O4.